The Labute approximate surface area is 183 Å². The van der Waals surface area contributed by atoms with Crippen LogP contribution in [0.1, 0.15) is 19.4 Å². The average molecular weight is 445 g/mol. The lowest BCUT2D eigenvalue weighted by Crippen LogP contribution is -2.27. The highest BCUT2D eigenvalue weighted by Gasteiger charge is 2.11. The molecule has 1 heterocycles. The number of fused-ring (bicyclic) bond motifs is 1. The fraction of sp³-hybridized carbons (Fsp3) is 0.333. The summed E-state index contributed by atoms with van der Waals surface area (Å²) >= 11 is 1.25. The molecule has 0 spiro atoms. The van der Waals surface area contributed by atoms with E-state index < -0.39 is 4.92 Å². The van der Waals surface area contributed by atoms with E-state index in [1.807, 2.05) is 32.0 Å². The molecule has 0 bridgehead atoms. The summed E-state index contributed by atoms with van der Waals surface area (Å²) in [4.78, 5) is 29.9. The summed E-state index contributed by atoms with van der Waals surface area (Å²) in [7, 11) is 0. The standard InChI is InChI=1S/C21H24N4O5S/c1-3-29-18-8-5-14(11-19(18)30-4-2)9-10-22-20(26)13-31-21-23-16-7-6-15(25(27)28)12-17(16)24-21/h5-8,11-12H,3-4,9-10,13H2,1-2H3,(H,22,26)(H,23,24). The van der Waals surface area contributed by atoms with E-state index in [1.54, 1.807) is 6.07 Å². The second kappa shape index (κ2) is 10.7. The Morgan fingerprint density at radius 2 is 1.94 bits per heavy atom. The first-order chi connectivity index (χ1) is 15.0. The third-order valence-electron chi connectivity index (χ3n) is 4.34. The van der Waals surface area contributed by atoms with Crippen molar-refractivity contribution in [3.8, 4) is 11.5 Å². The van der Waals surface area contributed by atoms with E-state index in [9.17, 15) is 14.9 Å². The molecule has 0 aliphatic heterocycles. The van der Waals surface area contributed by atoms with Crippen molar-refractivity contribution in [1.82, 2.24) is 15.3 Å². The molecule has 164 valence electrons. The van der Waals surface area contributed by atoms with Gasteiger partial charge in [0.15, 0.2) is 16.7 Å². The lowest BCUT2D eigenvalue weighted by atomic mass is 10.1. The third kappa shape index (κ3) is 6.11. The van der Waals surface area contributed by atoms with Crippen molar-refractivity contribution in [1.29, 1.82) is 0 Å². The predicted molar refractivity (Wildman–Crippen MR) is 119 cm³/mol. The molecule has 2 N–H and O–H groups in total. The summed E-state index contributed by atoms with van der Waals surface area (Å²) in [5, 5.41) is 14.3. The van der Waals surface area contributed by atoms with E-state index in [0.29, 0.717) is 53.9 Å². The van der Waals surface area contributed by atoms with Crippen molar-refractivity contribution in [2.45, 2.75) is 25.4 Å². The topological polar surface area (TPSA) is 119 Å². The van der Waals surface area contributed by atoms with Crippen LogP contribution < -0.4 is 14.8 Å². The number of aromatic nitrogens is 2. The van der Waals surface area contributed by atoms with Crippen molar-refractivity contribution >= 4 is 34.4 Å². The Hall–Kier alpha value is -3.27. The van der Waals surface area contributed by atoms with Crippen LogP contribution >= 0.6 is 11.8 Å². The number of non-ortho nitro benzene ring substituents is 1. The summed E-state index contributed by atoms with van der Waals surface area (Å²) in [6, 6.07) is 10.2. The molecule has 9 nitrogen and oxygen atoms in total. The summed E-state index contributed by atoms with van der Waals surface area (Å²) in [5.41, 5.74) is 2.22. The normalized spacial score (nSPS) is 10.8. The highest BCUT2D eigenvalue weighted by Crippen LogP contribution is 2.28. The number of nitro benzene ring substituents is 1. The third-order valence-corrected chi connectivity index (χ3v) is 5.21. The van der Waals surface area contributed by atoms with Gasteiger partial charge in [0.25, 0.3) is 5.69 Å². The molecule has 10 heteroatoms. The van der Waals surface area contributed by atoms with Crippen molar-refractivity contribution in [3.05, 3.63) is 52.1 Å². The number of hydrogen-bond acceptors (Lipinski definition) is 7. The summed E-state index contributed by atoms with van der Waals surface area (Å²) in [6.45, 7) is 5.45. The minimum atomic E-state index is -0.456. The van der Waals surface area contributed by atoms with Crippen molar-refractivity contribution < 1.29 is 19.2 Å². The predicted octanol–water partition coefficient (Wildman–Crippen LogP) is 3.72. The number of carbonyl (C=O) groups is 1. The molecule has 31 heavy (non-hydrogen) atoms. The molecule has 1 aromatic heterocycles. The molecule has 3 aromatic rings. The van der Waals surface area contributed by atoms with Crippen LogP contribution in [0.3, 0.4) is 0 Å². The number of aromatic amines is 1. The summed E-state index contributed by atoms with van der Waals surface area (Å²) < 4.78 is 11.2. The van der Waals surface area contributed by atoms with E-state index in [4.69, 9.17) is 9.47 Å². The van der Waals surface area contributed by atoms with E-state index in [0.717, 1.165) is 5.56 Å². The van der Waals surface area contributed by atoms with Gasteiger partial charge in [0.2, 0.25) is 5.91 Å². The van der Waals surface area contributed by atoms with Crippen molar-refractivity contribution in [2.24, 2.45) is 0 Å². The van der Waals surface area contributed by atoms with Gasteiger partial charge in [-0.05, 0) is 44.0 Å². The van der Waals surface area contributed by atoms with Gasteiger partial charge in [0.1, 0.15) is 0 Å². The number of nitro groups is 1. The maximum Gasteiger partial charge on any atom is 0.271 e. The number of amides is 1. The largest absolute Gasteiger partial charge is 0.490 e. The van der Waals surface area contributed by atoms with Crippen LogP contribution in [0.2, 0.25) is 0 Å². The SMILES string of the molecule is CCOc1ccc(CCNC(=O)CSc2nc3ccc([N+](=O)[O-])cc3[nH]2)cc1OCC. The number of H-pyrrole nitrogens is 1. The van der Waals surface area contributed by atoms with Gasteiger partial charge in [-0.3, -0.25) is 14.9 Å². The zero-order chi connectivity index (χ0) is 22.2. The molecule has 0 saturated heterocycles. The number of carbonyl (C=O) groups excluding carboxylic acids is 1. The lowest BCUT2D eigenvalue weighted by Gasteiger charge is -2.12. The minimum absolute atomic E-state index is 0.00720. The van der Waals surface area contributed by atoms with Crippen LogP contribution in [0.25, 0.3) is 11.0 Å². The number of nitrogens with zero attached hydrogens (tertiary/aromatic N) is 2. The first kappa shape index (κ1) is 22.4. The number of imidazole rings is 1. The smallest absolute Gasteiger partial charge is 0.271 e. The molecule has 2 aromatic carbocycles. The number of nitrogens with one attached hydrogen (secondary N) is 2. The van der Waals surface area contributed by atoms with Crippen LogP contribution in [-0.2, 0) is 11.2 Å². The Bertz CT molecular complexity index is 1070. The molecule has 0 saturated carbocycles. The first-order valence-electron chi connectivity index (χ1n) is 9.92. The monoisotopic (exact) mass is 444 g/mol. The van der Waals surface area contributed by atoms with Gasteiger partial charge in [-0.25, -0.2) is 4.98 Å². The highest BCUT2D eigenvalue weighted by molar-refractivity contribution is 7.99. The van der Waals surface area contributed by atoms with Crippen LogP contribution in [0.15, 0.2) is 41.6 Å². The molecule has 0 atom stereocenters. The molecular weight excluding hydrogens is 420 g/mol. The van der Waals surface area contributed by atoms with Gasteiger partial charge in [0.05, 0.1) is 34.9 Å². The molecule has 3 rings (SSSR count). The molecule has 0 unspecified atom stereocenters. The molecule has 0 fully saturated rings. The van der Waals surface area contributed by atoms with Crippen molar-refractivity contribution in [3.63, 3.8) is 0 Å². The van der Waals surface area contributed by atoms with E-state index in [2.05, 4.69) is 15.3 Å². The number of rotatable bonds is 11. The molecular formula is C21H24N4O5S. The van der Waals surface area contributed by atoms with Gasteiger partial charge in [-0.15, -0.1) is 0 Å². The van der Waals surface area contributed by atoms with E-state index >= 15 is 0 Å². The van der Waals surface area contributed by atoms with Crippen LogP contribution in [0.5, 0.6) is 11.5 Å². The number of benzene rings is 2. The Morgan fingerprint density at radius 3 is 2.68 bits per heavy atom. The number of hydrogen-bond donors (Lipinski definition) is 2. The van der Waals surface area contributed by atoms with Gasteiger partial charge in [-0.1, -0.05) is 17.8 Å². The lowest BCUT2D eigenvalue weighted by molar-refractivity contribution is -0.384. The summed E-state index contributed by atoms with van der Waals surface area (Å²) in [6.07, 6.45) is 0.664. The molecule has 0 aliphatic rings. The second-order valence-electron chi connectivity index (χ2n) is 6.54. The van der Waals surface area contributed by atoms with Gasteiger partial charge in [-0.2, -0.15) is 0 Å². The Morgan fingerprint density at radius 1 is 1.16 bits per heavy atom. The number of ether oxygens (including phenoxy) is 2. The molecule has 0 aliphatic carbocycles. The fourth-order valence-corrected chi connectivity index (χ4v) is 3.65. The molecule has 0 radical (unpaired) electrons. The average Bonchev–Trinajstić information content (AvgIpc) is 3.16. The van der Waals surface area contributed by atoms with Crippen LogP contribution in [0.4, 0.5) is 5.69 Å². The zero-order valence-electron chi connectivity index (χ0n) is 17.3. The fourth-order valence-electron chi connectivity index (χ4n) is 2.94. The zero-order valence-corrected chi connectivity index (χ0v) is 18.2. The second-order valence-corrected chi connectivity index (χ2v) is 7.50. The van der Waals surface area contributed by atoms with E-state index in [-0.39, 0.29) is 17.3 Å². The van der Waals surface area contributed by atoms with Crippen LogP contribution in [-0.4, -0.2) is 46.3 Å². The quantitative estimate of drug-likeness (QED) is 0.263. The van der Waals surface area contributed by atoms with Gasteiger partial charge >= 0.3 is 0 Å². The highest BCUT2D eigenvalue weighted by atomic mass is 32.2. The Kier molecular flexibility index (Phi) is 7.71. The van der Waals surface area contributed by atoms with Crippen molar-refractivity contribution in [2.75, 3.05) is 25.5 Å². The maximum absolute atomic E-state index is 12.2. The Balaban J connectivity index is 1.49. The van der Waals surface area contributed by atoms with E-state index in [1.165, 1.54) is 23.9 Å². The minimum Gasteiger partial charge on any atom is -0.490 e. The van der Waals surface area contributed by atoms with Crippen LogP contribution in [0, 0.1) is 10.1 Å². The van der Waals surface area contributed by atoms with Gasteiger partial charge < -0.3 is 19.8 Å². The van der Waals surface area contributed by atoms with Gasteiger partial charge in [0, 0.05) is 18.7 Å². The summed E-state index contributed by atoms with van der Waals surface area (Å²) in [5.74, 6) is 1.49. The first-order valence-corrected chi connectivity index (χ1v) is 10.9. The number of thioether (sulfide) groups is 1. The maximum atomic E-state index is 12.2. The molecule has 1 amide bonds.